The first-order valence-corrected chi connectivity index (χ1v) is 5.29. The van der Waals surface area contributed by atoms with Crippen LogP contribution in [0.3, 0.4) is 0 Å². The maximum absolute atomic E-state index is 13.1. The van der Waals surface area contributed by atoms with Gasteiger partial charge in [0.2, 0.25) is 0 Å². The molecular formula is C10H13BrFN. The molecule has 3 heteroatoms. The molecule has 0 radical (unpaired) electrons. The molecule has 0 fully saturated rings. The lowest BCUT2D eigenvalue weighted by Crippen LogP contribution is -2.14. The van der Waals surface area contributed by atoms with E-state index in [0.717, 1.165) is 5.69 Å². The molecule has 0 saturated carbocycles. The summed E-state index contributed by atoms with van der Waals surface area (Å²) in [5.74, 6) is -0.245. The minimum atomic E-state index is -0.245. The van der Waals surface area contributed by atoms with E-state index >= 15 is 0 Å². The number of rotatable bonds is 1. The predicted molar refractivity (Wildman–Crippen MR) is 55.5 cm³/mol. The third kappa shape index (κ3) is 2.50. The van der Waals surface area contributed by atoms with Gasteiger partial charge in [-0.05, 0) is 12.1 Å². The monoisotopic (exact) mass is 245 g/mol. The zero-order valence-electron chi connectivity index (χ0n) is 8.06. The van der Waals surface area contributed by atoms with Crippen LogP contribution in [-0.4, -0.2) is 4.98 Å². The molecule has 0 amide bonds. The zero-order chi connectivity index (χ0) is 10.1. The average molecular weight is 246 g/mol. The van der Waals surface area contributed by atoms with Crippen molar-refractivity contribution in [2.24, 2.45) is 0 Å². The van der Waals surface area contributed by atoms with E-state index in [1.165, 1.54) is 6.07 Å². The van der Waals surface area contributed by atoms with Crippen LogP contribution in [0.5, 0.6) is 0 Å². The van der Waals surface area contributed by atoms with Crippen LogP contribution in [0, 0.1) is 5.82 Å². The molecule has 72 valence electrons. The van der Waals surface area contributed by atoms with Crippen LogP contribution in [0.1, 0.15) is 32.2 Å². The number of halogens is 2. The molecule has 0 aliphatic rings. The molecule has 0 atom stereocenters. The maximum Gasteiger partial charge on any atom is 0.145 e. The van der Waals surface area contributed by atoms with Crippen LogP contribution in [0.25, 0.3) is 0 Å². The van der Waals surface area contributed by atoms with Crippen molar-refractivity contribution in [1.82, 2.24) is 4.98 Å². The van der Waals surface area contributed by atoms with Crippen molar-refractivity contribution < 1.29 is 4.39 Å². The zero-order valence-corrected chi connectivity index (χ0v) is 9.65. The van der Waals surface area contributed by atoms with Crippen molar-refractivity contribution in [3.63, 3.8) is 0 Å². The van der Waals surface area contributed by atoms with Gasteiger partial charge in [0.05, 0.1) is 5.69 Å². The van der Waals surface area contributed by atoms with Crippen LogP contribution in [0.4, 0.5) is 4.39 Å². The molecule has 0 aliphatic carbocycles. The van der Waals surface area contributed by atoms with Crippen LogP contribution in [0.15, 0.2) is 12.1 Å². The Hall–Kier alpha value is -0.440. The summed E-state index contributed by atoms with van der Waals surface area (Å²) in [5.41, 5.74) is 1.38. The van der Waals surface area contributed by atoms with E-state index in [1.807, 2.05) is 0 Å². The van der Waals surface area contributed by atoms with Gasteiger partial charge in [-0.15, -0.1) is 0 Å². The van der Waals surface area contributed by atoms with Gasteiger partial charge in [-0.25, -0.2) is 4.39 Å². The van der Waals surface area contributed by atoms with Gasteiger partial charge in [0, 0.05) is 16.4 Å². The summed E-state index contributed by atoms with van der Waals surface area (Å²) in [4.78, 5) is 4.24. The minimum absolute atomic E-state index is 0.0232. The van der Waals surface area contributed by atoms with E-state index in [4.69, 9.17) is 0 Å². The molecule has 0 N–H and O–H groups in total. The highest BCUT2D eigenvalue weighted by Crippen LogP contribution is 2.21. The molecule has 13 heavy (non-hydrogen) atoms. The van der Waals surface area contributed by atoms with Gasteiger partial charge in [0.15, 0.2) is 0 Å². The fourth-order valence-corrected chi connectivity index (χ4v) is 1.39. The standard InChI is InChI=1S/C10H13BrFN/c1-10(2,3)9-5-4-7(12)8(6-11)13-9/h4-5H,6H2,1-3H3. The number of nitrogens with zero attached hydrogens (tertiary/aromatic N) is 1. The summed E-state index contributed by atoms with van der Waals surface area (Å²) in [5, 5.41) is 0.461. The van der Waals surface area contributed by atoms with Gasteiger partial charge in [-0.3, -0.25) is 4.98 Å². The van der Waals surface area contributed by atoms with E-state index in [1.54, 1.807) is 6.07 Å². The molecular weight excluding hydrogens is 233 g/mol. The van der Waals surface area contributed by atoms with Gasteiger partial charge in [-0.1, -0.05) is 36.7 Å². The third-order valence-corrected chi connectivity index (χ3v) is 2.34. The Balaban J connectivity index is 3.14. The molecule has 1 aromatic heterocycles. The number of pyridine rings is 1. The molecule has 0 spiro atoms. The van der Waals surface area contributed by atoms with Crippen molar-refractivity contribution in [3.8, 4) is 0 Å². The van der Waals surface area contributed by atoms with E-state index in [2.05, 4.69) is 41.7 Å². The molecule has 0 unspecified atom stereocenters. The summed E-state index contributed by atoms with van der Waals surface area (Å²) >= 11 is 3.21. The lowest BCUT2D eigenvalue weighted by Gasteiger charge is -2.18. The van der Waals surface area contributed by atoms with Crippen LogP contribution in [-0.2, 0) is 10.7 Å². The topological polar surface area (TPSA) is 12.9 Å². The van der Waals surface area contributed by atoms with Crippen LogP contribution in [0.2, 0.25) is 0 Å². The predicted octanol–water partition coefficient (Wildman–Crippen LogP) is 3.41. The number of alkyl halides is 1. The Morgan fingerprint density at radius 1 is 1.38 bits per heavy atom. The number of hydrogen-bond acceptors (Lipinski definition) is 1. The smallest absolute Gasteiger partial charge is 0.145 e. The second-order valence-electron chi connectivity index (χ2n) is 4.01. The summed E-state index contributed by atoms with van der Waals surface area (Å²) < 4.78 is 13.1. The maximum atomic E-state index is 13.1. The normalized spacial score (nSPS) is 11.8. The second kappa shape index (κ2) is 3.74. The minimum Gasteiger partial charge on any atom is -0.253 e. The second-order valence-corrected chi connectivity index (χ2v) is 4.57. The highest BCUT2D eigenvalue weighted by molar-refractivity contribution is 9.08. The first-order chi connectivity index (χ1) is 5.95. The molecule has 1 rings (SSSR count). The van der Waals surface area contributed by atoms with E-state index < -0.39 is 0 Å². The van der Waals surface area contributed by atoms with Crippen molar-refractivity contribution in [2.45, 2.75) is 31.5 Å². The highest BCUT2D eigenvalue weighted by atomic mass is 79.9. The fraction of sp³-hybridized carbons (Fsp3) is 0.500. The van der Waals surface area contributed by atoms with Crippen molar-refractivity contribution in [3.05, 3.63) is 29.3 Å². The molecule has 0 aromatic carbocycles. The number of hydrogen-bond donors (Lipinski definition) is 0. The largest absolute Gasteiger partial charge is 0.253 e. The molecule has 0 bridgehead atoms. The molecule has 1 aromatic rings. The molecule has 1 nitrogen and oxygen atoms in total. The number of aromatic nitrogens is 1. The summed E-state index contributed by atoms with van der Waals surface area (Å²) in [6.07, 6.45) is 0. The quantitative estimate of drug-likeness (QED) is 0.692. The first kappa shape index (κ1) is 10.6. The Kier molecular flexibility index (Phi) is 3.06. The Morgan fingerprint density at radius 2 is 2.00 bits per heavy atom. The van der Waals surface area contributed by atoms with Crippen LogP contribution < -0.4 is 0 Å². The SMILES string of the molecule is CC(C)(C)c1ccc(F)c(CBr)n1. The van der Waals surface area contributed by atoms with Crippen molar-refractivity contribution in [2.75, 3.05) is 0 Å². The summed E-state index contributed by atoms with van der Waals surface area (Å²) in [7, 11) is 0. The average Bonchev–Trinajstić information content (AvgIpc) is 2.03. The Labute approximate surface area is 86.5 Å². The van der Waals surface area contributed by atoms with Gasteiger partial charge < -0.3 is 0 Å². The van der Waals surface area contributed by atoms with Gasteiger partial charge in [-0.2, -0.15) is 0 Å². The van der Waals surface area contributed by atoms with E-state index in [-0.39, 0.29) is 11.2 Å². The first-order valence-electron chi connectivity index (χ1n) is 4.17. The molecule has 1 heterocycles. The van der Waals surface area contributed by atoms with Gasteiger partial charge in [0.1, 0.15) is 5.82 Å². The molecule has 0 aliphatic heterocycles. The Morgan fingerprint density at radius 3 is 2.46 bits per heavy atom. The lowest BCUT2D eigenvalue weighted by atomic mass is 9.91. The van der Waals surface area contributed by atoms with Gasteiger partial charge in [0.25, 0.3) is 0 Å². The highest BCUT2D eigenvalue weighted by Gasteiger charge is 2.16. The Bertz CT molecular complexity index is 304. The van der Waals surface area contributed by atoms with Crippen LogP contribution >= 0.6 is 15.9 Å². The van der Waals surface area contributed by atoms with Crippen molar-refractivity contribution >= 4 is 15.9 Å². The third-order valence-electron chi connectivity index (χ3n) is 1.81. The van der Waals surface area contributed by atoms with Crippen molar-refractivity contribution in [1.29, 1.82) is 0 Å². The fourth-order valence-electron chi connectivity index (χ4n) is 0.996. The molecule has 0 saturated heterocycles. The van der Waals surface area contributed by atoms with Gasteiger partial charge >= 0.3 is 0 Å². The van der Waals surface area contributed by atoms with E-state index in [9.17, 15) is 4.39 Å². The summed E-state index contributed by atoms with van der Waals surface area (Å²) in [6, 6.07) is 3.21. The summed E-state index contributed by atoms with van der Waals surface area (Å²) in [6.45, 7) is 6.18. The lowest BCUT2D eigenvalue weighted by molar-refractivity contribution is 0.551. The van der Waals surface area contributed by atoms with E-state index in [0.29, 0.717) is 11.0 Å².